The highest BCUT2D eigenvalue weighted by Crippen LogP contribution is 2.25. The summed E-state index contributed by atoms with van der Waals surface area (Å²) in [6.07, 6.45) is 3.94. The molecule has 3 heterocycles. The van der Waals surface area contributed by atoms with Gasteiger partial charge in [0, 0.05) is 17.6 Å². The van der Waals surface area contributed by atoms with Gasteiger partial charge in [-0.25, -0.2) is 15.0 Å². The lowest BCUT2D eigenvalue weighted by Crippen LogP contribution is -2.10. The van der Waals surface area contributed by atoms with Crippen molar-refractivity contribution in [2.24, 2.45) is 0 Å². The van der Waals surface area contributed by atoms with E-state index in [2.05, 4.69) is 37.0 Å². The highest BCUT2D eigenvalue weighted by Gasteiger charge is 2.08. The van der Waals surface area contributed by atoms with Crippen molar-refractivity contribution in [3.8, 4) is 0 Å². The largest absolute Gasteiger partial charge is 0.393 e. The number of halogens is 1. The summed E-state index contributed by atoms with van der Waals surface area (Å²) in [5, 5.41) is 8.93. The van der Waals surface area contributed by atoms with E-state index >= 15 is 0 Å². The molecule has 0 aromatic carbocycles. The van der Waals surface area contributed by atoms with Crippen LogP contribution in [0.15, 0.2) is 42.2 Å². The predicted octanol–water partition coefficient (Wildman–Crippen LogP) is 3.57. The third-order valence-electron chi connectivity index (χ3n) is 3.10. The van der Waals surface area contributed by atoms with Crippen LogP contribution in [0.5, 0.6) is 0 Å². The number of nitrogens with zero attached hydrogens (tertiary/aromatic N) is 3. The molecule has 0 fully saturated rings. The molecule has 6 nitrogen and oxygen atoms in total. The van der Waals surface area contributed by atoms with E-state index in [0.29, 0.717) is 28.2 Å². The fourth-order valence-electron chi connectivity index (χ4n) is 1.97. The van der Waals surface area contributed by atoms with Gasteiger partial charge in [-0.2, -0.15) is 0 Å². The number of rotatable bonds is 6. The van der Waals surface area contributed by atoms with E-state index in [4.69, 9.17) is 17.3 Å². The van der Waals surface area contributed by atoms with Crippen LogP contribution in [0.3, 0.4) is 0 Å². The van der Waals surface area contributed by atoms with Gasteiger partial charge in [-0.1, -0.05) is 17.7 Å². The highest BCUT2D eigenvalue weighted by molar-refractivity contribution is 7.09. The van der Waals surface area contributed by atoms with Crippen molar-refractivity contribution < 1.29 is 0 Å². The molecule has 0 aliphatic heterocycles. The number of hydrogen-bond donors (Lipinski definition) is 3. The summed E-state index contributed by atoms with van der Waals surface area (Å²) >= 11 is 7.55. The molecule has 4 N–H and O–H groups in total. The monoisotopic (exact) mass is 346 g/mol. The number of aromatic nitrogens is 3. The van der Waals surface area contributed by atoms with Crippen molar-refractivity contribution in [1.82, 2.24) is 15.0 Å². The average Bonchev–Trinajstić information content (AvgIpc) is 3.06. The minimum Gasteiger partial charge on any atom is -0.393 e. The standard InChI is InChI=1S/C15H15ClN6S/c16-10-3-4-12(19-8-10)22-15-13(17)14(20-9-21-15)18-6-5-11-2-1-7-23-11/h1-4,7-9H,5-6,17H2,(H2,18,19,20,21,22). The maximum atomic E-state index is 6.12. The molecule has 3 aromatic rings. The smallest absolute Gasteiger partial charge is 0.160 e. The van der Waals surface area contributed by atoms with Crippen LogP contribution >= 0.6 is 22.9 Å². The van der Waals surface area contributed by atoms with Crippen LogP contribution in [0.25, 0.3) is 0 Å². The van der Waals surface area contributed by atoms with Gasteiger partial charge in [-0.05, 0) is 30.0 Å². The second-order valence-electron chi connectivity index (χ2n) is 4.73. The summed E-state index contributed by atoms with van der Waals surface area (Å²) in [5.74, 6) is 1.73. The Kier molecular flexibility index (Phi) is 4.89. The fourth-order valence-corrected chi connectivity index (χ4v) is 2.79. The molecular weight excluding hydrogens is 332 g/mol. The molecule has 118 valence electrons. The Hall–Kier alpha value is -2.38. The van der Waals surface area contributed by atoms with Crippen molar-refractivity contribution in [2.75, 3.05) is 22.9 Å². The normalized spacial score (nSPS) is 10.5. The molecule has 0 radical (unpaired) electrons. The molecule has 0 saturated carbocycles. The van der Waals surface area contributed by atoms with Crippen LogP contribution in [0, 0.1) is 0 Å². The number of nitrogens with two attached hydrogens (primary N) is 1. The Bertz CT molecular complexity index is 760. The molecule has 0 bridgehead atoms. The van der Waals surface area contributed by atoms with Crippen LogP contribution < -0.4 is 16.4 Å². The Labute approximate surface area is 142 Å². The van der Waals surface area contributed by atoms with Gasteiger partial charge in [0.25, 0.3) is 0 Å². The molecule has 23 heavy (non-hydrogen) atoms. The summed E-state index contributed by atoms with van der Waals surface area (Å²) in [6.45, 7) is 0.750. The van der Waals surface area contributed by atoms with Gasteiger partial charge in [0.2, 0.25) is 0 Å². The molecule has 0 aliphatic rings. The summed E-state index contributed by atoms with van der Waals surface area (Å²) in [4.78, 5) is 13.8. The van der Waals surface area contributed by atoms with E-state index in [0.717, 1.165) is 13.0 Å². The molecule has 3 rings (SSSR count). The van der Waals surface area contributed by atoms with Gasteiger partial charge in [0.05, 0.1) is 5.02 Å². The van der Waals surface area contributed by atoms with E-state index in [1.54, 1.807) is 29.7 Å². The highest BCUT2D eigenvalue weighted by atomic mass is 35.5. The van der Waals surface area contributed by atoms with Crippen LogP contribution in [-0.4, -0.2) is 21.5 Å². The van der Waals surface area contributed by atoms with Gasteiger partial charge >= 0.3 is 0 Å². The first-order chi connectivity index (χ1) is 11.2. The quantitative estimate of drug-likeness (QED) is 0.632. The van der Waals surface area contributed by atoms with Crippen LogP contribution in [0.2, 0.25) is 5.02 Å². The van der Waals surface area contributed by atoms with Crippen LogP contribution in [0.4, 0.5) is 23.1 Å². The molecule has 0 unspecified atom stereocenters. The molecule has 0 amide bonds. The van der Waals surface area contributed by atoms with E-state index in [1.807, 2.05) is 6.07 Å². The summed E-state index contributed by atoms with van der Waals surface area (Å²) < 4.78 is 0. The first kappa shape index (κ1) is 15.5. The number of thiophene rings is 1. The second-order valence-corrected chi connectivity index (χ2v) is 6.20. The lowest BCUT2D eigenvalue weighted by Gasteiger charge is -2.11. The Balaban J connectivity index is 1.66. The van der Waals surface area contributed by atoms with Crippen molar-refractivity contribution >= 4 is 46.1 Å². The van der Waals surface area contributed by atoms with Gasteiger partial charge in [-0.15, -0.1) is 11.3 Å². The zero-order chi connectivity index (χ0) is 16.1. The number of pyridine rings is 1. The van der Waals surface area contributed by atoms with Crippen molar-refractivity contribution in [1.29, 1.82) is 0 Å². The minimum atomic E-state index is 0.454. The Morgan fingerprint density at radius 2 is 2.00 bits per heavy atom. The molecule has 0 spiro atoms. The first-order valence-electron chi connectivity index (χ1n) is 6.97. The minimum absolute atomic E-state index is 0.454. The topological polar surface area (TPSA) is 88.8 Å². The molecule has 0 aliphatic carbocycles. The van der Waals surface area contributed by atoms with Gasteiger partial charge < -0.3 is 16.4 Å². The lowest BCUT2D eigenvalue weighted by atomic mass is 10.3. The fraction of sp³-hybridized carbons (Fsp3) is 0.133. The zero-order valence-corrected chi connectivity index (χ0v) is 13.7. The summed E-state index contributed by atoms with van der Waals surface area (Å²) in [7, 11) is 0. The lowest BCUT2D eigenvalue weighted by molar-refractivity contribution is 1.02. The summed E-state index contributed by atoms with van der Waals surface area (Å²) in [5.41, 5.74) is 6.57. The molecular formula is C15H15ClN6S. The van der Waals surface area contributed by atoms with Gasteiger partial charge in [0.1, 0.15) is 17.8 Å². The number of nitrogens with one attached hydrogen (secondary N) is 2. The zero-order valence-electron chi connectivity index (χ0n) is 12.2. The molecule has 0 saturated heterocycles. The second kappa shape index (κ2) is 7.26. The van der Waals surface area contributed by atoms with E-state index in [1.165, 1.54) is 11.2 Å². The number of hydrogen-bond acceptors (Lipinski definition) is 7. The van der Waals surface area contributed by atoms with Crippen molar-refractivity contribution in [3.05, 3.63) is 52.1 Å². The Morgan fingerprint density at radius 3 is 2.74 bits per heavy atom. The SMILES string of the molecule is Nc1c(NCCc2cccs2)ncnc1Nc1ccc(Cl)cn1. The van der Waals surface area contributed by atoms with Gasteiger partial charge in [-0.3, -0.25) is 0 Å². The predicted molar refractivity (Wildman–Crippen MR) is 95.5 cm³/mol. The third-order valence-corrected chi connectivity index (χ3v) is 4.26. The van der Waals surface area contributed by atoms with E-state index < -0.39 is 0 Å². The van der Waals surface area contributed by atoms with Crippen molar-refractivity contribution in [2.45, 2.75) is 6.42 Å². The Morgan fingerprint density at radius 1 is 1.13 bits per heavy atom. The van der Waals surface area contributed by atoms with E-state index in [9.17, 15) is 0 Å². The van der Waals surface area contributed by atoms with Gasteiger partial charge in [0.15, 0.2) is 11.6 Å². The number of nitrogen functional groups attached to an aromatic ring is 1. The maximum absolute atomic E-state index is 6.12. The van der Waals surface area contributed by atoms with Crippen LogP contribution in [-0.2, 0) is 6.42 Å². The average molecular weight is 347 g/mol. The molecule has 0 atom stereocenters. The third kappa shape index (κ3) is 4.08. The molecule has 8 heteroatoms. The van der Waals surface area contributed by atoms with Crippen LogP contribution in [0.1, 0.15) is 4.88 Å². The summed E-state index contributed by atoms with van der Waals surface area (Å²) in [6, 6.07) is 7.65. The molecule has 3 aromatic heterocycles. The van der Waals surface area contributed by atoms with Crippen molar-refractivity contribution in [3.63, 3.8) is 0 Å². The number of anilines is 4. The van der Waals surface area contributed by atoms with E-state index in [-0.39, 0.29) is 0 Å². The first-order valence-corrected chi connectivity index (χ1v) is 8.23. The maximum Gasteiger partial charge on any atom is 0.160 e.